The molecule has 2 rings (SSSR count). The summed E-state index contributed by atoms with van der Waals surface area (Å²) in [4.78, 5) is 7.00. The van der Waals surface area contributed by atoms with Crippen molar-refractivity contribution in [1.82, 2.24) is 9.97 Å². The molecule has 0 aliphatic heterocycles. The number of benzene rings is 1. The summed E-state index contributed by atoms with van der Waals surface area (Å²) < 4.78 is 0.731. The van der Waals surface area contributed by atoms with Crippen molar-refractivity contribution in [2.75, 3.05) is 0 Å². The topological polar surface area (TPSA) is 28.7 Å². The van der Waals surface area contributed by atoms with E-state index in [0.29, 0.717) is 0 Å². The number of hydrogen-bond donors (Lipinski definition) is 1. The van der Waals surface area contributed by atoms with Crippen molar-refractivity contribution >= 4 is 12.2 Å². The molecule has 2 nitrogen and oxygen atoms in total. The van der Waals surface area contributed by atoms with E-state index >= 15 is 0 Å². The lowest BCUT2D eigenvalue weighted by Crippen LogP contribution is -1.87. The van der Waals surface area contributed by atoms with Crippen molar-refractivity contribution in [3.8, 4) is 11.1 Å². The molecule has 3 heteroatoms. The van der Waals surface area contributed by atoms with Gasteiger partial charge >= 0.3 is 0 Å². The highest BCUT2D eigenvalue weighted by molar-refractivity contribution is 7.71. The minimum absolute atomic E-state index is 0.731. The van der Waals surface area contributed by atoms with E-state index in [0.717, 1.165) is 15.8 Å². The predicted molar refractivity (Wildman–Crippen MR) is 64.3 cm³/mol. The summed E-state index contributed by atoms with van der Waals surface area (Å²) >= 11 is 5.23. The van der Waals surface area contributed by atoms with E-state index < -0.39 is 0 Å². The highest BCUT2D eigenvalue weighted by Crippen LogP contribution is 2.21. The molecule has 0 fully saturated rings. The van der Waals surface area contributed by atoms with Gasteiger partial charge in [0.15, 0.2) is 0 Å². The Morgan fingerprint density at radius 2 is 1.80 bits per heavy atom. The van der Waals surface area contributed by atoms with Gasteiger partial charge in [0.25, 0.3) is 0 Å². The molecule has 0 bridgehead atoms. The van der Waals surface area contributed by atoms with Gasteiger partial charge in [-0.2, -0.15) is 0 Å². The predicted octanol–water partition coefficient (Wildman–Crippen LogP) is 3.42. The van der Waals surface area contributed by atoms with Crippen LogP contribution in [0.3, 0.4) is 0 Å². The van der Waals surface area contributed by atoms with E-state index in [9.17, 15) is 0 Å². The van der Waals surface area contributed by atoms with Crippen molar-refractivity contribution in [3.63, 3.8) is 0 Å². The minimum Gasteiger partial charge on any atom is -0.337 e. The quantitative estimate of drug-likeness (QED) is 0.740. The van der Waals surface area contributed by atoms with Gasteiger partial charge < -0.3 is 4.98 Å². The van der Waals surface area contributed by atoms with Gasteiger partial charge in [0.2, 0.25) is 0 Å². The number of H-pyrrole nitrogens is 1. The van der Waals surface area contributed by atoms with Gasteiger partial charge in [-0.1, -0.05) is 41.5 Å². The molecule has 1 heterocycles. The first-order chi connectivity index (χ1) is 7.16. The fourth-order valence-corrected chi connectivity index (χ4v) is 1.90. The van der Waals surface area contributed by atoms with Gasteiger partial charge in [0.1, 0.15) is 4.64 Å². The molecule has 0 amide bonds. The van der Waals surface area contributed by atoms with Crippen molar-refractivity contribution < 1.29 is 0 Å². The third kappa shape index (κ3) is 2.13. The molecule has 1 aromatic carbocycles. The molecule has 2 aromatic rings. The lowest BCUT2D eigenvalue weighted by atomic mass is 10.0. The molecule has 15 heavy (non-hydrogen) atoms. The van der Waals surface area contributed by atoms with Gasteiger partial charge in [-0.05, 0) is 19.4 Å². The Balaban J connectivity index is 2.64. The Morgan fingerprint density at radius 3 is 2.40 bits per heavy atom. The van der Waals surface area contributed by atoms with Crippen LogP contribution < -0.4 is 0 Å². The summed E-state index contributed by atoms with van der Waals surface area (Å²) in [6.07, 6.45) is 3.40. The van der Waals surface area contributed by atoms with Crippen LogP contribution >= 0.6 is 12.2 Å². The van der Waals surface area contributed by atoms with Crippen molar-refractivity contribution in [2.45, 2.75) is 13.8 Å². The highest BCUT2D eigenvalue weighted by atomic mass is 32.1. The van der Waals surface area contributed by atoms with Crippen molar-refractivity contribution in [3.05, 3.63) is 46.5 Å². The lowest BCUT2D eigenvalue weighted by Gasteiger charge is -2.04. The van der Waals surface area contributed by atoms with Crippen LogP contribution in [0.4, 0.5) is 0 Å². The van der Waals surface area contributed by atoms with Crippen LogP contribution in [0.5, 0.6) is 0 Å². The first kappa shape index (κ1) is 10.1. The number of hydrogen-bond acceptors (Lipinski definition) is 2. The molecule has 0 spiro atoms. The lowest BCUT2D eigenvalue weighted by molar-refractivity contribution is 1.15. The fourth-order valence-electron chi connectivity index (χ4n) is 1.68. The first-order valence-electron chi connectivity index (χ1n) is 4.78. The fraction of sp³-hybridized carbons (Fsp3) is 0.167. The highest BCUT2D eigenvalue weighted by Gasteiger charge is 2.01. The van der Waals surface area contributed by atoms with Gasteiger partial charge in [-0.3, -0.25) is 0 Å². The molecule has 0 saturated heterocycles. The average Bonchev–Trinajstić information content (AvgIpc) is 2.16. The maximum absolute atomic E-state index is 5.23. The summed E-state index contributed by atoms with van der Waals surface area (Å²) in [5.41, 5.74) is 4.59. The zero-order chi connectivity index (χ0) is 10.8. The normalized spacial score (nSPS) is 10.3. The van der Waals surface area contributed by atoms with E-state index in [1.54, 1.807) is 12.5 Å². The third-order valence-corrected chi connectivity index (χ3v) is 2.59. The van der Waals surface area contributed by atoms with Crippen LogP contribution in [-0.2, 0) is 0 Å². The van der Waals surface area contributed by atoms with Crippen LogP contribution in [0.1, 0.15) is 11.1 Å². The maximum atomic E-state index is 5.23. The second-order valence-electron chi connectivity index (χ2n) is 3.67. The molecule has 0 atom stereocenters. The number of aromatic amines is 1. The number of aryl methyl sites for hydroxylation is 2. The van der Waals surface area contributed by atoms with Crippen LogP contribution in [0, 0.1) is 18.5 Å². The van der Waals surface area contributed by atoms with E-state index in [4.69, 9.17) is 12.2 Å². The van der Waals surface area contributed by atoms with E-state index in [1.807, 2.05) is 0 Å². The zero-order valence-corrected chi connectivity index (χ0v) is 9.56. The van der Waals surface area contributed by atoms with E-state index in [2.05, 4.69) is 42.0 Å². The summed E-state index contributed by atoms with van der Waals surface area (Å²) in [5.74, 6) is 0. The van der Waals surface area contributed by atoms with E-state index in [1.165, 1.54) is 11.1 Å². The monoisotopic (exact) mass is 216 g/mol. The maximum Gasteiger partial charge on any atom is 0.113 e. The Labute approximate surface area is 94.0 Å². The van der Waals surface area contributed by atoms with Crippen LogP contribution in [-0.4, -0.2) is 9.97 Å². The number of nitrogens with zero attached hydrogens (tertiary/aromatic N) is 1. The molecule has 0 saturated carbocycles. The smallest absolute Gasteiger partial charge is 0.113 e. The second-order valence-corrected chi connectivity index (χ2v) is 4.08. The number of aromatic nitrogens is 2. The second kappa shape index (κ2) is 3.95. The van der Waals surface area contributed by atoms with Crippen LogP contribution in [0.2, 0.25) is 0 Å². The Morgan fingerprint density at radius 1 is 1.13 bits per heavy atom. The van der Waals surface area contributed by atoms with Gasteiger partial charge in [0, 0.05) is 11.8 Å². The summed E-state index contributed by atoms with van der Waals surface area (Å²) in [5, 5.41) is 0. The SMILES string of the molecule is Cc1cc(C)cc(-c2cnc[nH]c2=S)c1. The van der Waals surface area contributed by atoms with Crippen LogP contribution in [0.15, 0.2) is 30.7 Å². The first-order valence-corrected chi connectivity index (χ1v) is 5.19. The third-order valence-electron chi connectivity index (χ3n) is 2.25. The number of rotatable bonds is 1. The van der Waals surface area contributed by atoms with Crippen molar-refractivity contribution in [1.29, 1.82) is 0 Å². The van der Waals surface area contributed by atoms with Crippen molar-refractivity contribution in [2.24, 2.45) is 0 Å². The molecule has 1 N–H and O–H groups in total. The molecule has 0 aliphatic rings. The molecule has 0 unspecified atom stereocenters. The van der Waals surface area contributed by atoms with E-state index in [-0.39, 0.29) is 0 Å². The van der Waals surface area contributed by atoms with Gasteiger partial charge in [-0.15, -0.1) is 0 Å². The summed E-state index contributed by atoms with van der Waals surface area (Å²) in [6.45, 7) is 4.17. The molecule has 1 aromatic heterocycles. The average molecular weight is 216 g/mol. The zero-order valence-electron chi connectivity index (χ0n) is 8.74. The number of nitrogens with one attached hydrogen (secondary N) is 1. The summed E-state index contributed by atoms with van der Waals surface area (Å²) in [6, 6.07) is 6.38. The Kier molecular flexibility index (Phi) is 2.64. The van der Waals surface area contributed by atoms with Crippen LogP contribution in [0.25, 0.3) is 11.1 Å². The molecule has 0 aliphatic carbocycles. The molecular formula is C12H12N2S. The van der Waals surface area contributed by atoms with Gasteiger partial charge in [-0.25, -0.2) is 4.98 Å². The van der Waals surface area contributed by atoms with Gasteiger partial charge in [0.05, 0.1) is 6.33 Å². The minimum atomic E-state index is 0.731. The Bertz CT molecular complexity index is 523. The standard InChI is InChI=1S/C12H12N2S/c1-8-3-9(2)5-10(4-8)11-6-13-7-14-12(11)15/h3-7H,1-2H3,(H,13,14,15). The molecule has 0 radical (unpaired) electrons. The molecular weight excluding hydrogens is 204 g/mol. The largest absolute Gasteiger partial charge is 0.337 e. The molecule has 76 valence electrons. The Hall–Kier alpha value is -1.48. The summed E-state index contributed by atoms with van der Waals surface area (Å²) in [7, 11) is 0.